The molecule has 1 aliphatic heterocycles. The summed E-state index contributed by atoms with van der Waals surface area (Å²) in [6.45, 7) is 16.5. The second-order valence-electron chi connectivity index (χ2n) is 8.35. The second-order valence-corrected chi connectivity index (χ2v) is 8.35. The smallest absolute Gasteiger partial charge is 0.166 e. The van der Waals surface area contributed by atoms with Gasteiger partial charge in [0.15, 0.2) is 5.65 Å². The first-order valence-electron chi connectivity index (χ1n) is 10.6. The molecule has 3 heterocycles. The summed E-state index contributed by atoms with van der Waals surface area (Å²) in [5.74, 6) is 2.36. The number of hydrogen-bond acceptors (Lipinski definition) is 3. The number of fused-ring (bicyclic) bond motifs is 3. The Labute approximate surface area is 168 Å². The van der Waals surface area contributed by atoms with Crippen LogP contribution in [-0.2, 0) is 6.42 Å². The maximum absolute atomic E-state index is 5.07. The molecule has 28 heavy (non-hydrogen) atoms. The zero-order valence-corrected chi connectivity index (χ0v) is 18.3. The average molecular weight is 377 g/mol. The Kier molecular flexibility index (Phi) is 4.68. The molecule has 0 amide bonds. The molecule has 0 fully saturated rings. The number of rotatable bonds is 4. The molecule has 4 nitrogen and oxygen atoms in total. The van der Waals surface area contributed by atoms with Gasteiger partial charge in [0.05, 0.1) is 0 Å². The summed E-state index contributed by atoms with van der Waals surface area (Å²) in [5.41, 5.74) is 9.64. The lowest BCUT2D eigenvalue weighted by molar-refractivity contribution is 0.565. The van der Waals surface area contributed by atoms with Crippen LogP contribution >= 0.6 is 0 Å². The molecule has 4 heteroatoms. The van der Waals surface area contributed by atoms with Gasteiger partial charge >= 0.3 is 0 Å². The highest BCUT2D eigenvalue weighted by atomic mass is 15.3. The molecule has 0 N–H and O–H groups in total. The fourth-order valence-electron chi connectivity index (χ4n) is 5.14. The summed E-state index contributed by atoms with van der Waals surface area (Å²) < 4.78 is 2.32. The second kappa shape index (κ2) is 6.91. The van der Waals surface area contributed by atoms with Gasteiger partial charge in [-0.25, -0.2) is 9.97 Å². The Balaban J connectivity index is 2.03. The van der Waals surface area contributed by atoms with Crippen LogP contribution in [0.2, 0.25) is 0 Å². The molecule has 0 spiro atoms. The lowest BCUT2D eigenvalue weighted by Gasteiger charge is -2.29. The highest BCUT2D eigenvalue weighted by Crippen LogP contribution is 2.38. The van der Waals surface area contributed by atoms with Crippen molar-refractivity contribution in [1.29, 1.82) is 0 Å². The van der Waals surface area contributed by atoms with Crippen molar-refractivity contribution in [1.82, 2.24) is 14.4 Å². The monoisotopic (exact) mass is 376 g/mol. The highest BCUT2D eigenvalue weighted by molar-refractivity contribution is 5.81. The van der Waals surface area contributed by atoms with E-state index in [0.717, 1.165) is 48.7 Å². The summed E-state index contributed by atoms with van der Waals surface area (Å²) >= 11 is 0. The van der Waals surface area contributed by atoms with Crippen molar-refractivity contribution in [3.63, 3.8) is 0 Å². The normalized spacial score (nSPS) is 13.8. The Bertz CT molecular complexity index is 1030. The predicted octanol–water partition coefficient (Wildman–Crippen LogP) is 5.49. The highest BCUT2D eigenvalue weighted by Gasteiger charge is 2.31. The molecular weight excluding hydrogens is 344 g/mol. The minimum atomic E-state index is 0.569. The SMILES string of the molecule is CCC(CC)N1CCc2c(C)nc3c(-c4c(C)cc(C)cc4C)nc(C)n3c21. The number of benzene rings is 1. The van der Waals surface area contributed by atoms with Crippen LogP contribution in [0.5, 0.6) is 0 Å². The van der Waals surface area contributed by atoms with Crippen LogP contribution in [0, 0.1) is 34.6 Å². The Morgan fingerprint density at radius 3 is 2.21 bits per heavy atom. The molecule has 0 aliphatic carbocycles. The molecule has 1 aliphatic rings. The van der Waals surface area contributed by atoms with Gasteiger partial charge < -0.3 is 4.90 Å². The summed E-state index contributed by atoms with van der Waals surface area (Å²) in [5, 5.41) is 0. The van der Waals surface area contributed by atoms with Gasteiger partial charge in [0.2, 0.25) is 0 Å². The van der Waals surface area contributed by atoms with E-state index < -0.39 is 0 Å². The topological polar surface area (TPSA) is 33.4 Å². The van der Waals surface area contributed by atoms with E-state index in [-0.39, 0.29) is 0 Å². The quantitative estimate of drug-likeness (QED) is 0.604. The Morgan fingerprint density at radius 1 is 0.964 bits per heavy atom. The van der Waals surface area contributed by atoms with Crippen LogP contribution in [0.15, 0.2) is 12.1 Å². The first-order chi connectivity index (χ1) is 13.4. The Morgan fingerprint density at radius 2 is 1.61 bits per heavy atom. The van der Waals surface area contributed by atoms with Crippen LogP contribution in [0.25, 0.3) is 16.9 Å². The van der Waals surface area contributed by atoms with Crippen molar-refractivity contribution >= 4 is 11.5 Å². The van der Waals surface area contributed by atoms with Crippen molar-refractivity contribution in [2.45, 2.75) is 73.8 Å². The van der Waals surface area contributed by atoms with Crippen molar-refractivity contribution in [3.05, 3.63) is 45.9 Å². The number of aromatic nitrogens is 3. The zero-order chi connectivity index (χ0) is 20.2. The predicted molar refractivity (Wildman–Crippen MR) is 118 cm³/mol. The molecule has 4 rings (SSSR count). The van der Waals surface area contributed by atoms with E-state index in [1.807, 2.05) is 0 Å². The molecule has 0 unspecified atom stereocenters. The van der Waals surface area contributed by atoms with Gasteiger partial charge in [-0.05, 0) is 65.0 Å². The number of anilines is 1. The first kappa shape index (κ1) is 19.0. The Hall–Kier alpha value is -2.36. The molecule has 1 aromatic carbocycles. The van der Waals surface area contributed by atoms with Gasteiger partial charge in [-0.15, -0.1) is 0 Å². The molecule has 3 aromatic rings. The van der Waals surface area contributed by atoms with Crippen LogP contribution < -0.4 is 4.90 Å². The standard InChI is InChI=1S/C24H32N4/c1-8-19(9-2)27-11-10-20-17(6)25-23-22(26-18(7)28(23)24(20)27)21-15(4)12-14(3)13-16(21)5/h12-13,19H,8-11H2,1-7H3. The third-order valence-corrected chi connectivity index (χ3v) is 6.38. The maximum atomic E-state index is 5.07. The van der Waals surface area contributed by atoms with Gasteiger partial charge in [0.1, 0.15) is 17.3 Å². The van der Waals surface area contributed by atoms with Crippen LogP contribution in [0.1, 0.15) is 60.5 Å². The summed E-state index contributed by atoms with van der Waals surface area (Å²) in [6, 6.07) is 5.07. The third kappa shape index (κ3) is 2.73. The van der Waals surface area contributed by atoms with Crippen molar-refractivity contribution in [2.75, 3.05) is 11.4 Å². The van der Waals surface area contributed by atoms with E-state index in [4.69, 9.17) is 9.97 Å². The van der Waals surface area contributed by atoms with Gasteiger partial charge in [-0.3, -0.25) is 4.40 Å². The van der Waals surface area contributed by atoms with Crippen LogP contribution in [0.3, 0.4) is 0 Å². The van der Waals surface area contributed by atoms with E-state index in [2.05, 4.69) is 69.9 Å². The summed E-state index contributed by atoms with van der Waals surface area (Å²) in [4.78, 5) is 12.7. The van der Waals surface area contributed by atoms with Crippen molar-refractivity contribution in [2.24, 2.45) is 0 Å². The number of imidazole rings is 1. The average Bonchev–Trinajstić information content (AvgIpc) is 3.18. The van der Waals surface area contributed by atoms with Gasteiger partial charge in [-0.2, -0.15) is 0 Å². The first-order valence-corrected chi connectivity index (χ1v) is 10.6. The van der Waals surface area contributed by atoms with Gasteiger partial charge in [-0.1, -0.05) is 31.5 Å². The molecule has 2 aromatic heterocycles. The number of nitrogens with zero attached hydrogens (tertiary/aromatic N) is 4. The molecule has 0 saturated heterocycles. The van der Waals surface area contributed by atoms with Crippen LogP contribution in [-0.4, -0.2) is 27.0 Å². The molecule has 0 radical (unpaired) electrons. The number of aryl methyl sites for hydroxylation is 5. The zero-order valence-electron chi connectivity index (χ0n) is 18.3. The minimum Gasteiger partial charge on any atom is -0.354 e. The van der Waals surface area contributed by atoms with Crippen molar-refractivity contribution < 1.29 is 0 Å². The lowest BCUT2D eigenvalue weighted by atomic mass is 9.97. The summed E-state index contributed by atoms with van der Waals surface area (Å²) in [7, 11) is 0. The fourth-order valence-corrected chi connectivity index (χ4v) is 5.14. The van der Waals surface area contributed by atoms with Crippen molar-refractivity contribution in [3.8, 4) is 11.3 Å². The molecule has 0 saturated carbocycles. The van der Waals surface area contributed by atoms with E-state index in [1.54, 1.807) is 0 Å². The molecular formula is C24H32N4. The fraction of sp³-hybridized carbons (Fsp3) is 0.500. The largest absolute Gasteiger partial charge is 0.354 e. The van der Waals surface area contributed by atoms with E-state index in [9.17, 15) is 0 Å². The van der Waals surface area contributed by atoms with E-state index >= 15 is 0 Å². The van der Waals surface area contributed by atoms with Crippen LogP contribution in [0.4, 0.5) is 5.82 Å². The van der Waals surface area contributed by atoms with Gasteiger partial charge in [0, 0.05) is 29.4 Å². The van der Waals surface area contributed by atoms with Gasteiger partial charge in [0.25, 0.3) is 0 Å². The number of hydrogen-bond donors (Lipinski definition) is 0. The minimum absolute atomic E-state index is 0.569. The molecule has 0 bridgehead atoms. The van der Waals surface area contributed by atoms with E-state index in [0.29, 0.717) is 6.04 Å². The lowest BCUT2D eigenvalue weighted by Crippen LogP contribution is -2.34. The molecule has 148 valence electrons. The third-order valence-electron chi connectivity index (χ3n) is 6.38. The summed E-state index contributed by atoms with van der Waals surface area (Å²) in [6.07, 6.45) is 3.40. The maximum Gasteiger partial charge on any atom is 0.166 e. The van der Waals surface area contributed by atoms with E-state index in [1.165, 1.54) is 33.6 Å². The molecule has 0 atom stereocenters.